The van der Waals surface area contributed by atoms with E-state index >= 15 is 0 Å². The summed E-state index contributed by atoms with van der Waals surface area (Å²) < 4.78 is 10.1. The molecular weight excluding hydrogens is 268 g/mol. The van der Waals surface area contributed by atoms with E-state index in [-0.39, 0.29) is 11.9 Å². The second kappa shape index (κ2) is 6.52. The molecule has 1 heterocycles. The molecule has 5 nitrogen and oxygen atoms in total. The number of carbonyl (C=O) groups is 1. The first-order valence-electron chi connectivity index (χ1n) is 7.13. The van der Waals surface area contributed by atoms with E-state index in [9.17, 15) is 4.79 Å². The third kappa shape index (κ3) is 3.48. The molecule has 1 unspecified atom stereocenters. The molecule has 2 aromatic rings. The van der Waals surface area contributed by atoms with Crippen LogP contribution in [0.4, 0.5) is 0 Å². The van der Waals surface area contributed by atoms with Crippen LogP contribution in [0.3, 0.4) is 0 Å². The fraction of sp³-hybridized carbons (Fsp3) is 0.438. The molecule has 0 aliphatic rings. The van der Waals surface area contributed by atoms with Crippen molar-refractivity contribution in [1.29, 1.82) is 0 Å². The number of aromatic nitrogens is 2. The van der Waals surface area contributed by atoms with Gasteiger partial charge in [0.1, 0.15) is 5.92 Å². The van der Waals surface area contributed by atoms with Gasteiger partial charge in [0.25, 0.3) is 0 Å². The first-order valence-corrected chi connectivity index (χ1v) is 7.13. The lowest BCUT2D eigenvalue weighted by Crippen LogP contribution is -2.13. The topological polar surface area (TPSA) is 65.2 Å². The summed E-state index contributed by atoms with van der Waals surface area (Å²) >= 11 is 0. The highest BCUT2D eigenvalue weighted by molar-refractivity contribution is 5.76. The number of nitrogens with zero attached hydrogens (tertiary/aromatic N) is 2. The van der Waals surface area contributed by atoms with E-state index in [1.807, 2.05) is 24.3 Å². The van der Waals surface area contributed by atoms with Crippen LogP contribution < -0.4 is 0 Å². The lowest BCUT2D eigenvalue weighted by atomic mass is 10.0. The minimum absolute atomic E-state index is 0.274. The molecule has 0 radical (unpaired) electrons. The Bertz CT molecular complexity index is 602. The molecule has 2 rings (SSSR count). The normalized spacial score (nSPS) is 12.4. The summed E-state index contributed by atoms with van der Waals surface area (Å²) in [7, 11) is 0. The largest absolute Gasteiger partial charge is 0.465 e. The minimum atomic E-state index is -0.555. The Morgan fingerprint density at radius 1 is 1.24 bits per heavy atom. The van der Waals surface area contributed by atoms with Crippen molar-refractivity contribution in [3.05, 3.63) is 35.7 Å². The molecule has 1 aromatic heterocycles. The molecule has 112 valence electrons. The van der Waals surface area contributed by atoms with Crippen LogP contribution in [-0.4, -0.2) is 22.7 Å². The number of esters is 1. The third-order valence-corrected chi connectivity index (χ3v) is 3.29. The van der Waals surface area contributed by atoms with Gasteiger partial charge in [0, 0.05) is 5.56 Å². The van der Waals surface area contributed by atoms with Crippen LogP contribution in [0.2, 0.25) is 0 Å². The fourth-order valence-electron chi connectivity index (χ4n) is 1.91. The van der Waals surface area contributed by atoms with Gasteiger partial charge in [0.15, 0.2) is 0 Å². The Morgan fingerprint density at radius 3 is 2.48 bits per heavy atom. The lowest BCUT2D eigenvalue weighted by molar-refractivity contribution is -0.145. The summed E-state index contributed by atoms with van der Waals surface area (Å²) in [6, 6.07) is 8.01. The maximum Gasteiger partial charge on any atom is 0.318 e. The Balaban J connectivity index is 2.17. The van der Waals surface area contributed by atoms with Crippen LogP contribution in [0.5, 0.6) is 0 Å². The van der Waals surface area contributed by atoms with E-state index < -0.39 is 5.92 Å². The monoisotopic (exact) mass is 288 g/mol. The summed E-state index contributed by atoms with van der Waals surface area (Å²) in [4.78, 5) is 15.9. The van der Waals surface area contributed by atoms with Gasteiger partial charge in [-0.05, 0) is 25.3 Å². The second-order valence-electron chi connectivity index (χ2n) is 5.21. The zero-order chi connectivity index (χ0) is 15.4. The van der Waals surface area contributed by atoms with Gasteiger partial charge < -0.3 is 9.26 Å². The van der Waals surface area contributed by atoms with Gasteiger partial charge in [-0.1, -0.05) is 43.3 Å². The number of hydrogen-bond donors (Lipinski definition) is 0. The maximum absolute atomic E-state index is 11.7. The van der Waals surface area contributed by atoms with Crippen LogP contribution in [-0.2, 0) is 9.53 Å². The van der Waals surface area contributed by atoms with E-state index in [4.69, 9.17) is 9.26 Å². The van der Waals surface area contributed by atoms with Crippen molar-refractivity contribution in [1.82, 2.24) is 10.1 Å². The van der Waals surface area contributed by atoms with Crippen molar-refractivity contribution >= 4 is 5.97 Å². The zero-order valence-electron chi connectivity index (χ0n) is 12.8. The molecule has 1 atom stereocenters. The van der Waals surface area contributed by atoms with Crippen molar-refractivity contribution in [2.75, 3.05) is 6.61 Å². The number of benzene rings is 1. The van der Waals surface area contributed by atoms with Crippen LogP contribution in [0.25, 0.3) is 11.4 Å². The summed E-state index contributed by atoms with van der Waals surface area (Å²) in [5.41, 5.74) is 2.12. The van der Waals surface area contributed by atoms with Gasteiger partial charge in [0.05, 0.1) is 6.61 Å². The second-order valence-corrected chi connectivity index (χ2v) is 5.21. The van der Waals surface area contributed by atoms with Gasteiger partial charge in [-0.2, -0.15) is 4.98 Å². The van der Waals surface area contributed by atoms with Crippen LogP contribution >= 0.6 is 0 Å². The van der Waals surface area contributed by atoms with Crippen molar-refractivity contribution in [2.24, 2.45) is 0 Å². The molecule has 0 saturated carbocycles. The average molecular weight is 288 g/mol. The molecule has 1 aromatic carbocycles. The molecular formula is C16H20N2O3. The predicted octanol–water partition coefficient (Wildman–Crippen LogP) is 3.53. The third-order valence-electron chi connectivity index (χ3n) is 3.29. The Kier molecular flexibility index (Phi) is 4.73. The number of carbonyl (C=O) groups excluding carboxylic acids is 1. The summed E-state index contributed by atoms with van der Waals surface area (Å²) in [6.45, 7) is 8.07. The van der Waals surface area contributed by atoms with Gasteiger partial charge in [-0.15, -0.1) is 0 Å². The average Bonchev–Trinajstić information content (AvgIpc) is 2.96. The Hall–Kier alpha value is -2.17. The molecule has 0 amide bonds. The van der Waals surface area contributed by atoms with Crippen molar-refractivity contribution in [2.45, 2.75) is 39.5 Å². The SMILES string of the molecule is CCOC(=O)C(C)c1nc(-c2ccc(C(C)C)cc2)no1. The van der Waals surface area contributed by atoms with Gasteiger partial charge >= 0.3 is 5.97 Å². The van der Waals surface area contributed by atoms with Crippen molar-refractivity contribution in [3.63, 3.8) is 0 Å². The van der Waals surface area contributed by atoms with Gasteiger partial charge in [-0.3, -0.25) is 4.79 Å². The van der Waals surface area contributed by atoms with Gasteiger partial charge in [0.2, 0.25) is 11.7 Å². The molecule has 5 heteroatoms. The first kappa shape index (κ1) is 15.2. The fourth-order valence-corrected chi connectivity index (χ4v) is 1.91. The van der Waals surface area contributed by atoms with Crippen LogP contribution in [0.15, 0.2) is 28.8 Å². The first-order chi connectivity index (χ1) is 10.0. The van der Waals surface area contributed by atoms with E-state index in [0.717, 1.165) is 5.56 Å². The number of ether oxygens (including phenoxy) is 1. The molecule has 0 bridgehead atoms. The number of hydrogen-bond acceptors (Lipinski definition) is 5. The summed E-state index contributed by atoms with van der Waals surface area (Å²) in [5.74, 6) is 0.320. The maximum atomic E-state index is 11.7. The smallest absolute Gasteiger partial charge is 0.318 e. The molecule has 0 saturated heterocycles. The lowest BCUT2D eigenvalue weighted by Gasteiger charge is -2.05. The standard InChI is InChI=1S/C16H20N2O3/c1-5-20-16(19)11(4)15-17-14(18-21-15)13-8-6-12(7-9-13)10(2)3/h6-11H,5H2,1-4H3. The highest BCUT2D eigenvalue weighted by Gasteiger charge is 2.23. The van der Waals surface area contributed by atoms with Crippen molar-refractivity contribution < 1.29 is 14.1 Å². The van der Waals surface area contributed by atoms with E-state index in [1.165, 1.54) is 5.56 Å². The Labute approximate surface area is 124 Å². The predicted molar refractivity (Wildman–Crippen MR) is 78.9 cm³/mol. The Morgan fingerprint density at radius 2 is 1.90 bits per heavy atom. The van der Waals surface area contributed by atoms with Crippen molar-refractivity contribution in [3.8, 4) is 11.4 Å². The minimum Gasteiger partial charge on any atom is -0.465 e. The molecule has 21 heavy (non-hydrogen) atoms. The van der Waals surface area contributed by atoms with E-state index in [1.54, 1.807) is 13.8 Å². The zero-order valence-corrected chi connectivity index (χ0v) is 12.8. The molecule has 0 fully saturated rings. The van der Waals surface area contributed by atoms with E-state index in [2.05, 4.69) is 24.0 Å². The molecule has 0 aliphatic carbocycles. The molecule has 0 spiro atoms. The quantitative estimate of drug-likeness (QED) is 0.787. The highest BCUT2D eigenvalue weighted by Crippen LogP contribution is 2.23. The summed E-state index contributed by atoms with van der Waals surface area (Å²) in [5, 5.41) is 3.93. The highest BCUT2D eigenvalue weighted by atomic mass is 16.5. The molecule has 0 N–H and O–H groups in total. The number of rotatable bonds is 5. The van der Waals surface area contributed by atoms with E-state index in [0.29, 0.717) is 18.3 Å². The molecule has 0 aliphatic heterocycles. The summed E-state index contributed by atoms with van der Waals surface area (Å²) in [6.07, 6.45) is 0. The van der Waals surface area contributed by atoms with Crippen LogP contribution in [0.1, 0.15) is 51.0 Å². The van der Waals surface area contributed by atoms with Gasteiger partial charge in [-0.25, -0.2) is 0 Å². The van der Waals surface area contributed by atoms with Crippen LogP contribution in [0, 0.1) is 0 Å².